The second kappa shape index (κ2) is 6.08. The standard InChI is InChI=1S/C16H19ClN2O2/c1-19-6-4-14(5-7-19)18-16(20)12-8-11-9-13(17)2-3-15(11)21-10-12/h2-3,8-9,14H,4-7,10H2,1H3,(H,18,20). The predicted molar refractivity (Wildman–Crippen MR) is 83.6 cm³/mol. The molecule has 0 atom stereocenters. The molecular formula is C16H19ClN2O2. The van der Waals surface area contributed by atoms with Crippen molar-refractivity contribution in [3.8, 4) is 5.75 Å². The van der Waals surface area contributed by atoms with Crippen LogP contribution in [0.25, 0.3) is 6.08 Å². The fraction of sp³-hybridized carbons (Fsp3) is 0.438. The molecule has 1 aromatic carbocycles. The number of ether oxygens (including phenoxy) is 1. The maximum atomic E-state index is 12.3. The molecule has 0 saturated carbocycles. The van der Waals surface area contributed by atoms with Crippen molar-refractivity contribution in [1.29, 1.82) is 0 Å². The van der Waals surface area contributed by atoms with E-state index in [2.05, 4.69) is 17.3 Å². The van der Waals surface area contributed by atoms with Gasteiger partial charge in [-0.25, -0.2) is 0 Å². The quantitative estimate of drug-likeness (QED) is 0.912. The summed E-state index contributed by atoms with van der Waals surface area (Å²) in [6.07, 6.45) is 3.87. The lowest BCUT2D eigenvalue weighted by atomic mass is 10.0. The topological polar surface area (TPSA) is 41.6 Å². The molecule has 2 heterocycles. The Morgan fingerprint density at radius 1 is 1.38 bits per heavy atom. The van der Waals surface area contributed by atoms with Crippen molar-refractivity contribution in [3.63, 3.8) is 0 Å². The number of piperidine rings is 1. The monoisotopic (exact) mass is 306 g/mol. The normalized spacial score (nSPS) is 19.4. The van der Waals surface area contributed by atoms with Crippen LogP contribution < -0.4 is 10.1 Å². The van der Waals surface area contributed by atoms with E-state index in [9.17, 15) is 4.79 Å². The van der Waals surface area contributed by atoms with E-state index in [-0.39, 0.29) is 11.9 Å². The Morgan fingerprint density at radius 3 is 2.90 bits per heavy atom. The second-order valence-electron chi connectivity index (χ2n) is 5.69. The van der Waals surface area contributed by atoms with Crippen LogP contribution in [-0.2, 0) is 4.79 Å². The minimum Gasteiger partial charge on any atom is -0.488 e. The molecule has 1 fully saturated rings. The van der Waals surface area contributed by atoms with Gasteiger partial charge >= 0.3 is 0 Å². The Bertz CT molecular complexity index is 578. The van der Waals surface area contributed by atoms with E-state index < -0.39 is 0 Å². The number of benzene rings is 1. The van der Waals surface area contributed by atoms with Crippen LogP contribution >= 0.6 is 11.6 Å². The second-order valence-corrected chi connectivity index (χ2v) is 6.13. The van der Waals surface area contributed by atoms with Crippen molar-refractivity contribution in [2.75, 3.05) is 26.7 Å². The third kappa shape index (κ3) is 3.39. The summed E-state index contributed by atoms with van der Waals surface area (Å²) in [6, 6.07) is 5.70. The van der Waals surface area contributed by atoms with Gasteiger partial charge in [0.2, 0.25) is 0 Å². The van der Waals surface area contributed by atoms with Gasteiger partial charge < -0.3 is 15.0 Å². The van der Waals surface area contributed by atoms with Crippen LogP contribution in [0.15, 0.2) is 23.8 Å². The summed E-state index contributed by atoms with van der Waals surface area (Å²) in [5.41, 5.74) is 1.52. The molecule has 21 heavy (non-hydrogen) atoms. The molecule has 0 bridgehead atoms. The fourth-order valence-corrected chi connectivity index (χ4v) is 2.89. The van der Waals surface area contributed by atoms with E-state index in [0.717, 1.165) is 37.2 Å². The average Bonchev–Trinajstić information content (AvgIpc) is 2.48. The van der Waals surface area contributed by atoms with E-state index >= 15 is 0 Å². The number of nitrogens with zero attached hydrogens (tertiary/aromatic N) is 1. The van der Waals surface area contributed by atoms with Crippen LogP contribution in [0.3, 0.4) is 0 Å². The molecule has 1 saturated heterocycles. The summed E-state index contributed by atoms with van der Waals surface area (Å²) in [6.45, 7) is 2.37. The largest absolute Gasteiger partial charge is 0.488 e. The van der Waals surface area contributed by atoms with Gasteiger partial charge in [-0.1, -0.05) is 11.6 Å². The first-order valence-electron chi connectivity index (χ1n) is 7.24. The van der Waals surface area contributed by atoms with Gasteiger partial charge in [-0.05, 0) is 57.3 Å². The molecular weight excluding hydrogens is 288 g/mol. The zero-order valence-electron chi connectivity index (χ0n) is 12.1. The van der Waals surface area contributed by atoms with E-state index in [1.807, 2.05) is 18.2 Å². The van der Waals surface area contributed by atoms with Gasteiger partial charge in [-0.3, -0.25) is 4.79 Å². The van der Waals surface area contributed by atoms with Gasteiger partial charge in [0.1, 0.15) is 12.4 Å². The molecule has 5 heteroatoms. The molecule has 112 valence electrons. The van der Waals surface area contributed by atoms with Crippen molar-refractivity contribution in [1.82, 2.24) is 10.2 Å². The third-order valence-corrected chi connectivity index (χ3v) is 4.27. The van der Waals surface area contributed by atoms with Crippen molar-refractivity contribution in [3.05, 3.63) is 34.4 Å². The Kier molecular flexibility index (Phi) is 4.17. The molecule has 1 N–H and O–H groups in total. The molecule has 1 aromatic rings. The molecule has 0 radical (unpaired) electrons. The minimum atomic E-state index is -0.0322. The van der Waals surface area contributed by atoms with Crippen LogP contribution in [0.1, 0.15) is 18.4 Å². The summed E-state index contributed by atoms with van der Waals surface area (Å²) in [4.78, 5) is 14.6. The van der Waals surface area contributed by atoms with Gasteiger partial charge in [0.05, 0.1) is 5.57 Å². The molecule has 4 nitrogen and oxygen atoms in total. The zero-order valence-corrected chi connectivity index (χ0v) is 12.8. The first-order chi connectivity index (χ1) is 10.1. The lowest BCUT2D eigenvalue weighted by Gasteiger charge is -2.30. The molecule has 2 aliphatic rings. The minimum absolute atomic E-state index is 0.0322. The highest BCUT2D eigenvalue weighted by molar-refractivity contribution is 6.30. The summed E-state index contributed by atoms with van der Waals surface area (Å²) >= 11 is 5.98. The van der Waals surface area contributed by atoms with Crippen molar-refractivity contribution in [2.45, 2.75) is 18.9 Å². The number of hydrogen-bond acceptors (Lipinski definition) is 3. The third-order valence-electron chi connectivity index (χ3n) is 4.03. The zero-order chi connectivity index (χ0) is 14.8. The Morgan fingerprint density at radius 2 is 2.14 bits per heavy atom. The number of carbonyl (C=O) groups is 1. The predicted octanol–water partition coefficient (Wildman–Crippen LogP) is 2.33. The van der Waals surface area contributed by atoms with Gasteiger partial charge in [-0.15, -0.1) is 0 Å². The number of likely N-dealkylation sites (tertiary alicyclic amines) is 1. The lowest BCUT2D eigenvalue weighted by Crippen LogP contribution is -2.44. The Labute approximate surface area is 129 Å². The highest BCUT2D eigenvalue weighted by Crippen LogP contribution is 2.29. The first kappa shape index (κ1) is 14.4. The number of fused-ring (bicyclic) bond motifs is 1. The van der Waals surface area contributed by atoms with E-state index in [0.29, 0.717) is 17.2 Å². The number of nitrogens with one attached hydrogen (secondary N) is 1. The number of carbonyl (C=O) groups excluding carboxylic acids is 1. The van der Waals surface area contributed by atoms with E-state index in [1.54, 1.807) is 6.07 Å². The van der Waals surface area contributed by atoms with Crippen LogP contribution in [-0.4, -0.2) is 43.6 Å². The van der Waals surface area contributed by atoms with Crippen LogP contribution in [0.4, 0.5) is 0 Å². The van der Waals surface area contributed by atoms with Crippen LogP contribution in [0.2, 0.25) is 5.02 Å². The average molecular weight is 307 g/mol. The van der Waals surface area contributed by atoms with Crippen LogP contribution in [0.5, 0.6) is 5.75 Å². The van der Waals surface area contributed by atoms with Gasteiger partial charge in [0.15, 0.2) is 0 Å². The smallest absolute Gasteiger partial charge is 0.250 e. The van der Waals surface area contributed by atoms with Gasteiger partial charge in [-0.2, -0.15) is 0 Å². The molecule has 0 aromatic heterocycles. The van der Waals surface area contributed by atoms with E-state index in [1.165, 1.54) is 0 Å². The summed E-state index contributed by atoms with van der Waals surface area (Å²) in [7, 11) is 2.11. The van der Waals surface area contributed by atoms with Crippen molar-refractivity contribution < 1.29 is 9.53 Å². The molecule has 0 unspecified atom stereocenters. The van der Waals surface area contributed by atoms with E-state index in [4.69, 9.17) is 16.3 Å². The Balaban J connectivity index is 1.68. The van der Waals surface area contributed by atoms with Gasteiger partial charge in [0.25, 0.3) is 5.91 Å². The van der Waals surface area contributed by atoms with Crippen LogP contribution in [0, 0.1) is 0 Å². The number of rotatable bonds is 2. The molecule has 1 amide bonds. The summed E-state index contributed by atoms with van der Waals surface area (Å²) in [5, 5.41) is 3.75. The number of hydrogen-bond donors (Lipinski definition) is 1. The number of halogens is 1. The van der Waals surface area contributed by atoms with Crippen molar-refractivity contribution >= 4 is 23.6 Å². The fourth-order valence-electron chi connectivity index (χ4n) is 2.71. The molecule has 3 rings (SSSR count). The highest BCUT2D eigenvalue weighted by atomic mass is 35.5. The highest BCUT2D eigenvalue weighted by Gasteiger charge is 2.22. The first-order valence-corrected chi connectivity index (χ1v) is 7.62. The summed E-state index contributed by atoms with van der Waals surface area (Å²) in [5.74, 6) is 0.741. The maximum absolute atomic E-state index is 12.3. The molecule has 0 aliphatic carbocycles. The van der Waals surface area contributed by atoms with Crippen molar-refractivity contribution in [2.24, 2.45) is 0 Å². The lowest BCUT2D eigenvalue weighted by molar-refractivity contribution is -0.118. The maximum Gasteiger partial charge on any atom is 0.250 e. The summed E-state index contributed by atoms with van der Waals surface area (Å²) < 4.78 is 5.62. The van der Waals surface area contributed by atoms with Gasteiger partial charge in [0, 0.05) is 16.6 Å². The Hall–Kier alpha value is -1.52. The SMILES string of the molecule is CN1CCC(NC(=O)C2=Cc3cc(Cl)ccc3OC2)CC1. The number of amides is 1. The molecule has 0 spiro atoms. The molecule has 2 aliphatic heterocycles.